The summed E-state index contributed by atoms with van der Waals surface area (Å²) in [5.74, 6) is 0.264. The number of hydrogen-bond donors (Lipinski definition) is 0. The van der Waals surface area contributed by atoms with Crippen LogP contribution in [0.3, 0.4) is 0 Å². The van der Waals surface area contributed by atoms with Crippen LogP contribution in [0.25, 0.3) is 10.6 Å². The zero-order valence-electron chi connectivity index (χ0n) is 9.82. The highest BCUT2D eigenvalue weighted by Gasteiger charge is 2.21. The van der Waals surface area contributed by atoms with E-state index in [1.165, 1.54) is 5.56 Å². The molecule has 0 spiro atoms. The molecule has 1 aromatic carbocycles. The Bertz CT molecular complexity index is 649. The van der Waals surface area contributed by atoms with Gasteiger partial charge in [-0.2, -0.15) is 0 Å². The lowest BCUT2D eigenvalue weighted by Crippen LogP contribution is -2.01. The van der Waals surface area contributed by atoms with Crippen molar-refractivity contribution in [2.75, 3.05) is 0 Å². The van der Waals surface area contributed by atoms with Crippen molar-refractivity contribution < 1.29 is 0 Å². The summed E-state index contributed by atoms with van der Waals surface area (Å²) in [5.41, 5.74) is 4.66. The van der Waals surface area contributed by atoms with Gasteiger partial charge in [-0.1, -0.05) is 46.6 Å². The van der Waals surface area contributed by atoms with Crippen molar-refractivity contribution in [2.45, 2.75) is 12.8 Å². The number of rotatable bonds is 0. The monoisotopic (exact) mass is 319 g/mol. The number of benzene rings is 1. The molecule has 0 saturated heterocycles. The minimum Gasteiger partial charge on any atom is -0.260 e. The highest BCUT2D eigenvalue weighted by atomic mass is 79.9. The van der Waals surface area contributed by atoms with Crippen LogP contribution in [0.1, 0.15) is 35.2 Å². The number of halogens is 2. The van der Waals surface area contributed by atoms with Gasteiger partial charge in [0.2, 0.25) is 0 Å². The first-order chi connectivity index (χ1) is 8.66. The first-order valence-corrected chi connectivity index (χ1v) is 6.96. The van der Waals surface area contributed by atoms with E-state index in [-0.39, 0.29) is 5.92 Å². The van der Waals surface area contributed by atoms with E-state index in [1.807, 2.05) is 24.4 Å². The van der Waals surface area contributed by atoms with Gasteiger partial charge in [0.25, 0.3) is 0 Å². The molecule has 0 aliphatic heterocycles. The van der Waals surface area contributed by atoms with Crippen LogP contribution >= 0.6 is 27.5 Å². The predicted molar refractivity (Wildman–Crippen MR) is 80.0 cm³/mol. The van der Waals surface area contributed by atoms with Gasteiger partial charge in [0.05, 0.1) is 5.69 Å². The molecule has 1 aromatic heterocycles. The van der Waals surface area contributed by atoms with Crippen LogP contribution in [0.2, 0.25) is 5.02 Å². The lowest BCUT2D eigenvalue weighted by molar-refractivity contribution is 0.868. The molecule has 1 aliphatic rings. The van der Waals surface area contributed by atoms with Crippen molar-refractivity contribution in [2.24, 2.45) is 0 Å². The largest absolute Gasteiger partial charge is 0.260 e. The fourth-order valence-electron chi connectivity index (χ4n) is 2.39. The van der Waals surface area contributed by atoms with E-state index in [2.05, 4.69) is 46.0 Å². The summed E-state index contributed by atoms with van der Waals surface area (Å²) in [4.78, 5) is 4.52. The van der Waals surface area contributed by atoms with Crippen molar-refractivity contribution in [3.63, 3.8) is 0 Å². The Hall–Kier alpha value is -1.12. The average molecular weight is 321 g/mol. The second-order valence-electron chi connectivity index (χ2n) is 4.42. The molecule has 1 nitrogen and oxygen atoms in total. The van der Waals surface area contributed by atoms with E-state index >= 15 is 0 Å². The van der Waals surface area contributed by atoms with Crippen molar-refractivity contribution in [3.8, 4) is 0 Å². The molecule has 2 aromatic rings. The van der Waals surface area contributed by atoms with Crippen LogP contribution < -0.4 is 0 Å². The molecular formula is C15H11BrClN. The van der Waals surface area contributed by atoms with Crippen LogP contribution in [-0.2, 0) is 0 Å². The van der Waals surface area contributed by atoms with E-state index in [4.69, 9.17) is 11.6 Å². The van der Waals surface area contributed by atoms with E-state index in [1.54, 1.807) is 0 Å². The summed E-state index contributed by atoms with van der Waals surface area (Å²) in [7, 11) is 0. The second-order valence-corrected chi connectivity index (χ2v) is 5.71. The lowest BCUT2D eigenvalue weighted by atomic mass is 9.93. The Labute approximate surface area is 120 Å². The second kappa shape index (κ2) is 4.52. The minimum absolute atomic E-state index is 0.264. The zero-order chi connectivity index (χ0) is 12.7. The average Bonchev–Trinajstić information content (AvgIpc) is 2.47. The molecule has 0 saturated carbocycles. The van der Waals surface area contributed by atoms with Gasteiger partial charge < -0.3 is 0 Å². The van der Waals surface area contributed by atoms with Gasteiger partial charge >= 0.3 is 0 Å². The Morgan fingerprint density at radius 3 is 2.94 bits per heavy atom. The smallest absolute Gasteiger partial charge is 0.0548 e. The summed E-state index contributed by atoms with van der Waals surface area (Å²) >= 11 is 9.73. The lowest BCUT2D eigenvalue weighted by Gasteiger charge is -2.14. The van der Waals surface area contributed by atoms with Crippen LogP contribution in [0, 0.1) is 0 Å². The summed E-state index contributed by atoms with van der Waals surface area (Å²) < 4.78 is 1.05. The molecule has 0 radical (unpaired) electrons. The first-order valence-electron chi connectivity index (χ1n) is 5.79. The Balaban J connectivity index is 2.31. The third kappa shape index (κ3) is 1.90. The Kier molecular flexibility index (Phi) is 3.00. The van der Waals surface area contributed by atoms with Crippen molar-refractivity contribution in [1.29, 1.82) is 0 Å². The molecule has 90 valence electrons. The topological polar surface area (TPSA) is 12.9 Å². The molecule has 0 fully saturated rings. The van der Waals surface area contributed by atoms with Gasteiger partial charge in [-0.25, -0.2) is 0 Å². The number of fused-ring (bicyclic) bond motifs is 2. The van der Waals surface area contributed by atoms with Crippen LogP contribution in [0.5, 0.6) is 0 Å². The summed E-state index contributed by atoms with van der Waals surface area (Å²) in [5, 5.41) is 0.755. The van der Waals surface area contributed by atoms with Crippen LogP contribution in [-0.4, -0.2) is 4.98 Å². The summed E-state index contributed by atoms with van der Waals surface area (Å²) in [6.07, 6.45) is 3.96. The minimum atomic E-state index is 0.264. The maximum Gasteiger partial charge on any atom is 0.0548 e. The molecule has 1 unspecified atom stereocenters. The molecular weight excluding hydrogens is 310 g/mol. The summed E-state index contributed by atoms with van der Waals surface area (Å²) in [6.45, 7) is 2.18. The van der Waals surface area contributed by atoms with Crippen LogP contribution in [0.4, 0.5) is 0 Å². The molecule has 18 heavy (non-hydrogen) atoms. The SMILES string of the molecule is CC1c2ccc(Cl)cc2C(Br)=Cc2cccnc21. The van der Waals surface area contributed by atoms with Crippen molar-refractivity contribution in [1.82, 2.24) is 4.98 Å². The third-order valence-electron chi connectivity index (χ3n) is 3.30. The van der Waals surface area contributed by atoms with Gasteiger partial charge in [0.1, 0.15) is 0 Å². The van der Waals surface area contributed by atoms with Gasteiger partial charge in [-0.3, -0.25) is 4.98 Å². The molecule has 1 heterocycles. The standard InChI is InChI=1S/C15H11BrClN/c1-9-12-5-4-11(17)8-13(12)14(16)7-10-3-2-6-18-15(9)10/h2-9H,1H3. The first kappa shape index (κ1) is 11.9. The maximum atomic E-state index is 6.09. The van der Waals surface area contributed by atoms with Crippen molar-refractivity contribution >= 4 is 38.1 Å². The van der Waals surface area contributed by atoms with E-state index in [0.717, 1.165) is 26.3 Å². The van der Waals surface area contributed by atoms with E-state index < -0.39 is 0 Å². The fourth-order valence-corrected chi connectivity index (χ4v) is 3.15. The van der Waals surface area contributed by atoms with Gasteiger partial charge in [-0.05, 0) is 41.0 Å². The molecule has 3 heteroatoms. The molecule has 0 N–H and O–H groups in total. The summed E-state index contributed by atoms with van der Waals surface area (Å²) in [6, 6.07) is 10.1. The molecule has 0 amide bonds. The van der Waals surface area contributed by atoms with Crippen LogP contribution in [0.15, 0.2) is 36.5 Å². The third-order valence-corrected chi connectivity index (χ3v) is 4.19. The van der Waals surface area contributed by atoms with Crippen molar-refractivity contribution in [3.05, 3.63) is 63.9 Å². The highest BCUT2D eigenvalue weighted by Crippen LogP contribution is 2.39. The molecule has 1 atom stereocenters. The highest BCUT2D eigenvalue weighted by molar-refractivity contribution is 9.15. The zero-order valence-corrected chi connectivity index (χ0v) is 12.2. The number of nitrogens with zero attached hydrogens (tertiary/aromatic N) is 1. The van der Waals surface area contributed by atoms with Gasteiger partial charge in [0.15, 0.2) is 0 Å². The number of pyridine rings is 1. The molecule has 0 bridgehead atoms. The number of hydrogen-bond acceptors (Lipinski definition) is 1. The van der Waals surface area contributed by atoms with Gasteiger partial charge in [-0.15, -0.1) is 0 Å². The number of aromatic nitrogens is 1. The van der Waals surface area contributed by atoms with E-state index in [9.17, 15) is 0 Å². The molecule has 1 aliphatic carbocycles. The quantitative estimate of drug-likeness (QED) is 0.658. The molecule has 3 rings (SSSR count). The van der Waals surface area contributed by atoms with Gasteiger partial charge in [0, 0.05) is 21.6 Å². The Morgan fingerprint density at radius 2 is 2.11 bits per heavy atom. The normalized spacial score (nSPS) is 17.5. The Morgan fingerprint density at radius 1 is 1.28 bits per heavy atom. The fraction of sp³-hybridized carbons (Fsp3) is 0.133. The van der Waals surface area contributed by atoms with E-state index in [0.29, 0.717) is 0 Å². The predicted octanol–water partition coefficient (Wildman–Crippen LogP) is 5.09. The maximum absolute atomic E-state index is 6.09.